The molecule has 0 aliphatic rings. The zero-order valence-electron chi connectivity index (χ0n) is 16.1. The number of carboxylic acid groups (broad SMARTS) is 1. The smallest absolute Gasteiger partial charge is 0.326 e. The van der Waals surface area contributed by atoms with E-state index in [1.54, 1.807) is 6.07 Å². The first-order valence-corrected chi connectivity index (χ1v) is 9.33. The van der Waals surface area contributed by atoms with Gasteiger partial charge in [-0.25, -0.2) is 14.2 Å². The molecule has 0 aliphatic carbocycles. The monoisotopic (exact) mass is 420 g/mol. The van der Waals surface area contributed by atoms with Crippen molar-refractivity contribution in [2.24, 2.45) is 5.73 Å². The molecule has 9 heteroatoms. The van der Waals surface area contributed by atoms with Crippen molar-refractivity contribution in [1.82, 2.24) is 15.3 Å². The first-order chi connectivity index (χ1) is 14.8. The summed E-state index contributed by atoms with van der Waals surface area (Å²) >= 11 is 0. The fraction of sp³-hybridized carbons (Fsp3) is 0.0909. The quantitative estimate of drug-likeness (QED) is 0.380. The number of carbonyl (C=O) groups is 3. The Balaban J connectivity index is 1.86. The maximum Gasteiger partial charge on any atom is 0.326 e. The van der Waals surface area contributed by atoms with Crippen LogP contribution >= 0.6 is 0 Å². The molecule has 4 rings (SSSR count). The van der Waals surface area contributed by atoms with E-state index in [1.807, 2.05) is 24.3 Å². The number of nitrogens with one attached hydrogen (secondary N) is 2. The molecule has 2 heterocycles. The number of aliphatic carboxylic acids is 1. The van der Waals surface area contributed by atoms with Gasteiger partial charge in [-0.15, -0.1) is 0 Å². The number of benzene rings is 2. The van der Waals surface area contributed by atoms with Gasteiger partial charge in [0.2, 0.25) is 5.91 Å². The molecule has 0 bridgehead atoms. The van der Waals surface area contributed by atoms with E-state index in [4.69, 9.17) is 5.73 Å². The van der Waals surface area contributed by atoms with Gasteiger partial charge in [-0.3, -0.25) is 9.59 Å². The third-order valence-electron chi connectivity index (χ3n) is 4.86. The highest BCUT2D eigenvalue weighted by molar-refractivity contribution is 6.13. The predicted octanol–water partition coefficient (Wildman–Crippen LogP) is 2.58. The number of primary amides is 1. The minimum absolute atomic E-state index is 0.0488. The molecular formula is C22H17FN4O4. The number of hydrogen-bond acceptors (Lipinski definition) is 4. The molecule has 156 valence electrons. The molecule has 0 radical (unpaired) electrons. The van der Waals surface area contributed by atoms with Gasteiger partial charge in [-0.2, -0.15) is 0 Å². The Hall–Kier alpha value is -4.27. The van der Waals surface area contributed by atoms with Crippen molar-refractivity contribution in [2.45, 2.75) is 12.5 Å². The molecule has 5 N–H and O–H groups in total. The van der Waals surface area contributed by atoms with Crippen molar-refractivity contribution in [3.63, 3.8) is 0 Å². The van der Waals surface area contributed by atoms with Crippen molar-refractivity contribution in [3.8, 4) is 11.3 Å². The molecular weight excluding hydrogens is 403 g/mol. The minimum Gasteiger partial charge on any atom is -0.480 e. The average Bonchev–Trinajstić information content (AvgIpc) is 3.11. The van der Waals surface area contributed by atoms with Crippen LogP contribution in [-0.4, -0.2) is 38.9 Å². The lowest BCUT2D eigenvalue weighted by atomic mass is 10.1. The second kappa shape index (κ2) is 7.86. The molecule has 8 nitrogen and oxygen atoms in total. The van der Waals surface area contributed by atoms with Gasteiger partial charge >= 0.3 is 5.97 Å². The van der Waals surface area contributed by atoms with Crippen LogP contribution in [0.4, 0.5) is 4.39 Å². The number of aromatic amines is 1. The van der Waals surface area contributed by atoms with E-state index in [0.717, 1.165) is 10.9 Å². The summed E-state index contributed by atoms with van der Waals surface area (Å²) in [6, 6.07) is 13.2. The lowest BCUT2D eigenvalue weighted by molar-refractivity contribution is -0.140. The number of amides is 2. The predicted molar refractivity (Wildman–Crippen MR) is 112 cm³/mol. The molecule has 1 atom stereocenters. The Morgan fingerprint density at radius 2 is 1.81 bits per heavy atom. The summed E-state index contributed by atoms with van der Waals surface area (Å²) in [6.45, 7) is 0. The minimum atomic E-state index is -1.49. The Kier molecular flexibility index (Phi) is 5.08. The number of hydrogen-bond donors (Lipinski definition) is 4. The van der Waals surface area contributed by atoms with Crippen molar-refractivity contribution >= 4 is 39.6 Å². The Bertz CT molecular complexity index is 1330. The molecule has 0 saturated heterocycles. The highest BCUT2D eigenvalue weighted by Crippen LogP contribution is 2.32. The van der Waals surface area contributed by atoms with Crippen LogP contribution in [-0.2, 0) is 9.59 Å². The van der Waals surface area contributed by atoms with Crippen LogP contribution in [0, 0.1) is 5.82 Å². The van der Waals surface area contributed by atoms with E-state index in [0.29, 0.717) is 22.2 Å². The lowest BCUT2D eigenvalue weighted by Gasteiger charge is -2.13. The topological polar surface area (TPSA) is 138 Å². The van der Waals surface area contributed by atoms with Gasteiger partial charge in [0.1, 0.15) is 17.6 Å². The van der Waals surface area contributed by atoms with Gasteiger partial charge in [0, 0.05) is 21.9 Å². The zero-order valence-corrected chi connectivity index (χ0v) is 16.1. The number of nitrogens with zero attached hydrogens (tertiary/aromatic N) is 1. The average molecular weight is 420 g/mol. The SMILES string of the molecule is NC(=O)CC(NC(=O)c1cc2c([nH]c3ccccc32)c(-c2ccc(F)cc2)n1)C(=O)O. The van der Waals surface area contributed by atoms with Crippen LogP contribution in [0.25, 0.3) is 33.1 Å². The molecule has 0 aliphatic heterocycles. The van der Waals surface area contributed by atoms with Crippen LogP contribution in [0.5, 0.6) is 0 Å². The second-order valence-corrected chi connectivity index (χ2v) is 6.99. The summed E-state index contributed by atoms with van der Waals surface area (Å²) in [5, 5.41) is 13.1. The van der Waals surface area contributed by atoms with E-state index in [1.165, 1.54) is 24.3 Å². The van der Waals surface area contributed by atoms with Gasteiger partial charge in [0.05, 0.1) is 17.6 Å². The first kappa shape index (κ1) is 20.0. The molecule has 0 spiro atoms. The number of H-pyrrole nitrogens is 1. The summed E-state index contributed by atoms with van der Waals surface area (Å²) < 4.78 is 13.4. The van der Waals surface area contributed by atoms with Gasteiger partial charge in [-0.1, -0.05) is 18.2 Å². The number of halogens is 1. The highest BCUT2D eigenvalue weighted by Gasteiger charge is 2.24. The maximum atomic E-state index is 13.4. The number of aromatic nitrogens is 2. The van der Waals surface area contributed by atoms with Gasteiger partial charge in [-0.05, 0) is 36.4 Å². The summed E-state index contributed by atoms with van der Waals surface area (Å²) in [5.74, 6) is -3.44. The largest absolute Gasteiger partial charge is 0.480 e. The summed E-state index contributed by atoms with van der Waals surface area (Å²) in [5.41, 5.74) is 7.47. The van der Waals surface area contributed by atoms with E-state index in [-0.39, 0.29) is 5.69 Å². The van der Waals surface area contributed by atoms with Gasteiger partial charge < -0.3 is 21.1 Å². The molecule has 4 aromatic rings. The number of rotatable bonds is 6. The van der Waals surface area contributed by atoms with Gasteiger partial charge in [0.25, 0.3) is 5.91 Å². The van der Waals surface area contributed by atoms with Crippen molar-refractivity contribution in [3.05, 3.63) is 66.1 Å². The van der Waals surface area contributed by atoms with Crippen LogP contribution in [0.3, 0.4) is 0 Å². The van der Waals surface area contributed by atoms with Crippen LogP contribution in [0.2, 0.25) is 0 Å². The third-order valence-corrected chi connectivity index (χ3v) is 4.86. The third kappa shape index (κ3) is 3.93. The second-order valence-electron chi connectivity index (χ2n) is 6.99. The highest BCUT2D eigenvalue weighted by atomic mass is 19.1. The molecule has 2 amide bonds. The fourth-order valence-corrected chi connectivity index (χ4v) is 3.41. The van der Waals surface area contributed by atoms with Crippen LogP contribution in [0.15, 0.2) is 54.6 Å². The fourth-order valence-electron chi connectivity index (χ4n) is 3.41. The summed E-state index contributed by atoms with van der Waals surface area (Å²) in [6.07, 6.45) is -0.554. The Morgan fingerprint density at radius 1 is 1.10 bits per heavy atom. The zero-order chi connectivity index (χ0) is 22.1. The van der Waals surface area contributed by atoms with E-state index >= 15 is 0 Å². The molecule has 0 saturated carbocycles. The molecule has 2 aromatic carbocycles. The normalized spacial score (nSPS) is 12.0. The first-order valence-electron chi connectivity index (χ1n) is 9.33. The number of nitrogens with two attached hydrogens (primary N) is 1. The molecule has 2 aromatic heterocycles. The standard InChI is InChI=1S/C22H17FN4O4/c23-12-7-5-11(6-8-12)19-20-14(13-3-1-2-4-15(13)25-20)9-16(26-19)21(29)27-17(22(30)31)10-18(24)28/h1-9,17,25H,10H2,(H2,24,28)(H,27,29)(H,30,31). The summed E-state index contributed by atoms with van der Waals surface area (Å²) in [7, 11) is 0. The summed E-state index contributed by atoms with van der Waals surface area (Å²) in [4.78, 5) is 43.0. The van der Waals surface area contributed by atoms with E-state index in [9.17, 15) is 23.9 Å². The number of pyridine rings is 1. The molecule has 0 fully saturated rings. The number of carbonyl (C=O) groups excluding carboxylic acids is 2. The van der Waals surface area contributed by atoms with Crippen LogP contribution in [0.1, 0.15) is 16.9 Å². The van der Waals surface area contributed by atoms with E-state index < -0.39 is 36.1 Å². The number of carboxylic acids is 1. The van der Waals surface area contributed by atoms with Crippen molar-refractivity contribution < 1.29 is 23.9 Å². The Labute approximate surface area is 174 Å². The van der Waals surface area contributed by atoms with Gasteiger partial charge in [0.15, 0.2) is 0 Å². The van der Waals surface area contributed by atoms with Crippen molar-refractivity contribution in [2.75, 3.05) is 0 Å². The number of para-hydroxylation sites is 1. The molecule has 31 heavy (non-hydrogen) atoms. The lowest BCUT2D eigenvalue weighted by Crippen LogP contribution is -2.43. The van der Waals surface area contributed by atoms with Crippen LogP contribution < -0.4 is 11.1 Å². The van der Waals surface area contributed by atoms with Crippen molar-refractivity contribution in [1.29, 1.82) is 0 Å². The number of fused-ring (bicyclic) bond motifs is 3. The molecule has 1 unspecified atom stereocenters. The van der Waals surface area contributed by atoms with E-state index in [2.05, 4.69) is 15.3 Å². The Morgan fingerprint density at radius 3 is 2.48 bits per heavy atom. The maximum absolute atomic E-state index is 13.4.